The Bertz CT molecular complexity index is 1370. The molecule has 0 unspecified atom stereocenters. The van der Waals surface area contributed by atoms with Crippen LogP contribution in [0, 0.1) is 0 Å². The minimum absolute atomic E-state index is 0.148. The highest BCUT2D eigenvalue weighted by atomic mass is 35.5. The number of carbonyl (C=O) groups is 1. The lowest BCUT2D eigenvalue weighted by molar-refractivity contribution is 0.0950. The zero-order chi connectivity index (χ0) is 24.4. The molecule has 6 nitrogen and oxygen atoms in total. The third-order valence-electron chi connectivity index (χ3n) is 5.57. The maximum Gasteiger partial charge on any atom is 0.251 e. The fraction of sp³-hybridized carbons (Fsp3) is 0.231. The first-order valence-corrected chi connectivity index (χ1v) is 11.5. The molecule has 1 aromatic heterocycles. The molecule has 0 atom stereocenters. The molecule has 0 saturated carbocycles. The van der Waals surface area contributed by atoms with E-state index in [0.717, 1.165) is 28.0 Å². The lowest BCUT2D eigenvalue weighted by Crippen LogP contribution is -2.23. The molecule has 1 N–H and O–H groups in total. The van der Waals surface area contributed by atoms with Gasteiger partial charge >= 0.3 is 0 Å². The Hall–Kier alpha value is -3.22. The van der Waals surface area contributed by atoms with Crippen molar-refractivity contribution >= 4 is 40.1 Å². The van der Waals surface area contributed by atoms with Crippen LogP contribution in [0.25, 0.3) is 22.4 Å². The zero-order valence-corrected chi connectivity index (χ0v) is 20.9. The molecule has 4 aromatic rings. The molecule has 0 saturated heterocycles. The Morgan fingerprint density at radius 3 is 2.50 bits per heavy atom. The third-order valence-corrected chi connectivity index (χ3v) is 6.31. The Kier molecular flexibility index (Phi) is 7.00. The normalized spacial score (nSPS) is 11.1. The van der Waals surface area contributed by atoms with E-state index in [4.69, 9.17) is 37.7 Å². The van der Waals surface area contributed by atoms with Gasteiger partial charge in [0.25, 0.3) is 5.91 Å². The van der Waals surface area contributed by atoms with E-state index in [2.05, 4.69) is 23.7 Å². The highest BCUT2D eigenvalue weighted by molar-refractivity contribution is 6.42. The molecule has 3 aromatic carbocycles. The van der Waals surface area contributed by atoms with Crippen LogP contribution in [0.4, 0.5) is 0 Å². The fourth-order valence-electron chi connectivity index (χ4n) is 3.97. The summed E-state index contributed by atoms with van der Waals surface area (Å²) in [6.45, 7) is 4.47. The molecule has 1 heterocycles. The largest absolute Gasteiger partial charge is 0.493 e. The lowest BCUT2D eigenvalue weighted by Gasteiger charge is -2.14. The number of ether oxygens (including phenoxy) is 2. The average molecular weight is 498 g/mol. The van der Waals surface area contributed by atoms with E-state index in [1.165, 1.54) is 0 Å². The molecule has 1 amide bonds. The minimum Gasteiger partial charge on any atom is -0.493 e. The smallest absolute Gasteiger partial charge is 0.251 e. The minimum atomic E-state index is -0.207. The molecular weight excluding hydrogens is 473 g/mol. The van der Waals surface area contributed by atoms with Gasteiger partial charge in [0.1, 0.15) is 5.82 Å². The van der Waals surface area contributed by atoms with Crippen LogP contribution >= 0.6 is 23.2 Å². The second-order valence-corrected chi connectivity index (χ2v) is 8.88. The third kappa shape index (κ3) is 4.56. The number of carbonyl (C=O) groups excluding carboxylic acids is 1. The number of amides is 1. The van der Waals surface area contributed by atoms with Crippen molar-refractivity contribution in [3.05, 3.63) is 75.8 Å². The van der Waals surface area contributed by atoms with Crippen LogP contribution in [-0.4, -0.2) is 29.7 Å². The average Bonchev–Trinajstić information content (AvgIpc) is 3.22. The molecule has 0 radical (unpaired) electrons. The van der Waals surface area contributed by atoms with Crippen molar-refractivity contribution in [3.8, 4) is 22.9 Å². The number of benzene rings is 3. The van der Waals surface area contributed by atoms with E-state index < -0.39 is 0 Å². The Balaban J connectivity index is 1.65. The number of rotatable bonds is 7. The highest BCUT2D eigenvalue weighted by Gasteiger charge is 2.18. The van der Waals surface area contributed by atoms with E-state index in [-0.39, 0.29) is 11.9 Å². The van der Waals surface area contributed by atoms with Crippen LogP contribution in [0.1, 0.15) is 35.8 Å². The first kappa shape index (κ1) is 23.9. The molecule has 8 heteroatoms. The van der Waals surface area contributed by atoms with Gasteiger partial charge in [-0.15, -0.1) is 0 Å². The maximum absolute atomic E-state index is 12.9. The van der Waals surface area contributed by atoms with Crippen molar-refractivity contribution in [3.63, 3.8) is 0 Å². The van der Waals surface area contributed by atoms with Gasteiger partial charge in [0.15, 0.2) is 11.5 Å². The van der Waals surface area contributed by atoms with Crippen molar-refractivity contribution in [1.82, 2.24) is 14.9 Å². The quantitative estimate of drug-likeness (QED) is 0.314. The summed E-state index contributed by atoms with van der Waals surface area (Å²) in [5.41, 5.74) is 3.85. The standard InChI is InChI=1S/C26H25Cl2N3O3/c1-15(2)31-22-11-9-17(13-21(22)30-25(31)16-8-10-19(27)20(28)12-16)26(32)29-14-18-6-5-7-23(33-3)24(18)34-4/h5-13,15H,14H2,1-4H3,(H,29,32). The molecule has 176 valence electrons. The van der Waals surface area contributed by atoms with Crippen LogP contribution < -0.4 is 14.8 Å². The van der Waals surface area contributed by atoms with Gasteiger partial charge in [0.05, 0.1) is 35.3 Å². The second kappa shape index (κ2) is 9.95. The van der Waals surface area contributed by atoms with Crippen LogP contribution in [-0.2, 0) is 6.54 Å². The summed E-state index contributed by atoms with van der Waals surface area (Å²) in [6, 6.07) is 16.7. The monoisotopic (exact) mass is 497 g/mol. The van der Waals surface area contributed by atoms with Gasteiger partial charge in [0.2, 0.25) is 0 Å². The van der Waals surface area contributed by atoms with Gasteiger partial charge in [-0.25, -0.2) is 4.98 Å². The van der Waals surface area contributed by atoms with Crippen molar-refractivity contribution in [2.75, 3.05) is 14.2 Å². The van der Waals surface area contributed by atoms with Gasteiger partial charge in [0, 0.05) is 29.3 Å². The molecule has 0 fully saturated rings. The first-order valence-electron chi connectivity index (χ1n) is 10.8. The van der Waals surface area contributed by atoms with E-state index in [9.17, 15) is 4.79 Å². The van der Waals surface area contributed by atoms with Crippen molar-refractivity contribution in [1.29, 1.82) is 0 Å². The predicted molar refractivity (Wildman–Crippen MR) is 136 cm³/mol. The van der Waals surface area contributed by atoms with Gasteiger partial charge in [-0.1, -0.05) is 35.3 Å². The Labute approximate surface area is 208 Å². The lowest BCUT2D eigenvalue weighted by atomic mass is 10.1. The SMILES string of the molecule is COc1cccc(CNC(=O)c2ccc3c(c2)nc(-c2ccc(Cl)c(Cl)c2)n3C(C)C)c1OC. The van der Waals surface area contributed by atoms with Gasteiger partial charge in [-0.3, -0.25) is 4.79 Å². The van der Waals surface area contributed by atoms with Crippen LogP contribution in [0.3, 0.4) is 0 Å². The molecular formula is C26H25Cl2N3O3. The number of halogens is 2. The molecule has 0 bridgehead atoms. The molecule has 4 rings (SSSR count). The number of nitrogens with zero attached hydrogens (tertiary/aromatic N) is 2. The number of hydrogen-bond donors (Lipinski definition) is 1. The predicted octanol–water partition coefficient (Wildman–Crippen LogP) is 6.54. The number of para-hydroxylation sites is 1. The summed E-state index contributed by atoms with van der Waals surface area (Å²) in [5.74, 6) is 1.77. The van der Waals surface area contributed by atoms with Crippen molar-refractivity contribution < 1.29 is 14.3 Å². The van der Waals surface area contributed by atoms with E-state index >= 15 is 0 Å². The van der Waals surface area contributed by atoms with Crippen LogP contribution in [0.15, 0.2) is 54.6 Å². The number of nitrogens with one attached hydrogen (secondary N) is 1. The van der Waals surface area contributed by atoms with Crippen molar-refractivity contribution in [2.45, 2.75) is 26.4 Å². The second-order valence-electron chi connectivity index (χ2n) is 8.07. The summed E-state index contributed by atoms with van der Waals surface area (Å²) >= 11 is 12.3. The van der Waals surface area contributed by atoms with Gasteiger partial charge in [-0.2, -0.15) is 0 Å². The van der Waals surface area contributed by atoms with Gasteiger partial charge < -0.3 is 19.4 Å². The summed E-state index contributed by atoms with van der Waals surface area (Å²) < 4.78 is 12.9. The van der Waals surface area contributed by atoms with Gasteiger partial charge in [-0.05, 0) is 56.3 Å². The number of imidazole rings is 1. The number of fused-ring (bicyclic) bond motifs is 1. The zero-order valence-electron chi connectivity index (χ0n) is 19.4. The number of aromatic nitrogens is 2. The number of hydrogen-bond acceptors (Lipinski definition) is 4. The Morgan fingerprint density at radius 1 is 1.03 bits per heavy atom. The summed E-state index contributed by atoms with van der Waals surface area (Å²) in [4.78, 5) is 17.8. The van der Waals surface area contributed by atoms with E-state index in [1.54, 1.807) is 38.5 Å². The fourth-order valence-corrected chi connectivity index (χ4v) is 4.27. The van der Waals surface area contributed by atoms with Crippen molar-refractivity contribution in [2.24, 2.45) is 0 Å². The van der Waals surface area contributed by atoms with E-state index in [1.807, 2.05) is 30.3 Å². The summed E-state index contributed by atoms with van der Waals surface area (Å²) in [7, 11) is 3.16. The molecule has 0 aliphatic carbocycles. The van der Waals surface area contributed by atoms with Crippen LogP contribution in [0.5, 0.6) is 11.5 Å². The maximum atomic E-state index is 12.9. The number of methoxy groups -OCH3 is 2. The molecule has 0 aliphatic heterocycles. The molecule has 34 heavy (non-hydrogen) atoms. The summed E-state index contributed by atoms with van der Waals surface area (Å²) in [5, 5.41) is 3.91. The van der Waals surface area contributed by atoms with Crippen LogP contribution in [0.2, 0.25) is 10.0 Å². The van der Waals surface area contributed by atoms with E-state index in [0.29, 0.717) is 33.7 Å². The topological polar surface area (TPSA) is 65.4 Å². The molecule has 0 aliphatic rings. The Morgan fingerprint density at radius 2 is 1.82 bits per heavy atom. The first-order chi connectivity index (χ1) is 16.3. The summed E-state index contributed by atoms with van der Waals surface area (Å²) in [6.07, 6.45) is 0. The highest BCUT2D eigenvalue weighted by Crippen LogP contribution is 2.33. The molecule has 0 spiro atoms.